The van der Waals surface area contributed by atoms with Crippen LogP contribution in [0.4, 0.5) is 0 Å². The van der Waals surface area contributed by atoms with Gasteiger partial charge in [0.25, 0.3) is 0 Å². The predicted octanol–water partition coefficient (Wildman–Crippen LogP) is 4.44. The number of hydrogen-bond acceptors (Lipinski definition) is 2. The van der Waals surface area contributed by atoms with Gasteiger partial charge in [0.05, 0.1) is 0 Å². The van der Waals surface area contributed by atoms with E-state index in [1.54, 1.807) is 0 Å². The minimum atomic E-state index is 0.0832. The maximum atomic E-state index is 6.33. The Morgan fingerprint density at radius 3 is 2.68 bits per heavy atom. The monoisotopic (exact) mass is 261 g/mol. The smallest absolute Gasteiger partial charge is 0.124 e. The summed E-state index contributed by atoms with van der Waals surface area (Å²) in [7, 11) is 0. The van der Waals surface area contributed by atoms with E-state index in [-0.39, 0.29) is 6.04 Å². The standard InChI is InChI=1S/C17H27NO/c1-3-13-9-5-7-11-16(13)19-17-12-8-6-10-14(17)15(18)4-2/h6,8,10,12-13,15-16H,3-5,7,9,11,18H2,1-2H3. The van der Waals surface area contributed by atoms with Gasteiger partial charge in [-0.15, -0.1) is 0 Å². The van der Waals surface area contributed by atoms with Gasteiger partial charge in [0.1, 0.15) is 11.9 Å². The van der Waals surface area contributed by atoms with Crippen molar-refractivity contribution in [3.63, 3.8) is 0 Å². The zero-order valence-corrected chi connectivity index (χ0v) is 12.3. The lowest BCUT2D eigenvalue weighted by molar-refractivity contribution is 0.0890. The third kappa shape index (κ3) is 3.50. The van der Waals surface area contributed by atoms with Crippen molar-refractivity contribution in [2.24, 2.45) is 11.7 Å². The Labute approximate surface area is 117 Å². The van der Waals surface area contributed by atoms with Gasteiger partial charge in [0.2, 0.25) is 0 Å². The molecule has 3 atom stereocenters. The second-order valence-corrected chi connectivity index (χ2v) is 5.66. The Morgan fingerprint density at radius 1 is 1.21 bits per heavy atom. The van der Waals surface area contributed by atoms with E-state index in [4.69, 9.17) is 10.5 Å². The molecule has 1 fully saturated rings. The molecule has 2 heteroatoms. The van der Waals surface area contributed by atoms with Crippen LogP contribution in [-0.2, 0) is 0 Å². The Bertz CT molecular complexity index is 391. The molecule has 0 aromatic heterocycles. The van der Waals surface area contributed by atoms with E-state index in [2.05, 4.69) is 32.0 Å². The summed E-state index contributed by atoms with van der Waals surface area (Å²) in [4.78, 5) is 0. The Morgan fingerprint density at radius 2 is 1.95 bits per heavy atom. The van der Waals surface area contributed by atoms with Crippen LogP contribution in [0.25, 0.3) is 0 Å². The first-order valence-electron chi connectivity index (χ1n) is 7.77. The lowest BCUT2D eigenvalue weighted by Gasteiger charge is -2.32. The quantitative estimate of drug-likeness (QED) is 0.850. The maximum Gasteiger partial charge on any atom is 0.124 e. The van der Waals surface area contributed by atoms with Gasteiger partial charge in [-0.3, -0.25) is 0 Å². The first-order chi connectivity index (χ1) is 9.26. The summed E-state index contributed by atoms with van der Waals surface area (Å²) in [5.41, 5.74) is 7.35. The van der Waals surface area contributed by atoms with Crippen LogP contribution in [0, 0.1) is 5.92 Å². The molecule has 1 aliphatic rings. The van der Waals surface area contributed by atoms with Crippen LogP contribution in [-0.4, -0.2) is 6.10 Å². The third-order valence-electron chi connectivity index (χ3n) is 4.40. The van der Waals surface area contributed by atoms with Gasteiger partial charge in [-0.25, -0.2) is 0 Å². The van der Waals surface area contributed by atoms with Gasteiger partial charge < -0.3 is 10.5 Å². The summed E-state index contributed by atoms with van der Waals surface area (Å²) < 4.78 is 6.33. The van der Waals surface area contributed by atoms with Crippen LogP contribution in [0.1, 0.15) is 64.0 Å². The van der Waals surface area contributed by atoms with Crippen molar-refractivity contribution in [1.29, 1.82) is 0 Å². The van der Waals surface area contributed by atoms with Gasteiger partial charge in [-0.05, 0) is 44.1 Å². The highest BCUT2D eigenvalue weighted by Gasteiger charge is 2.26. The fraction of sp³-hybridized carbons (Fsp3) is 0.647. The number of benzene rings is 1. The summed E-state index contributed by atoms with van der Waals surface area (Å²) in [6, 6.07) is 8.36. The fourth-order valence-electron chi connectivity index (χ4n) is 3.07. The van der Waals surface area contributed by atoms with Crippen molar-refractivity contribution in [1.82, 2.24) is 0 Å². The predicted molar refractivity (Wildman–Crippen MR) is 80.3 cm³/mol. The number of rotatable bonds is 5. The molecule has 2 N–H and O–H groups in total. The molecule has 2 rings (SSSR count). The lowest BCUT2D eigenvalue weighted by atomic mass is 9.84. The number of hydrogen-bond donors (Lipinski definition) is 1. The minimum absolute atomic E-state index is 0.0832. The molecule has 0 aliphatic heterocycles. The molecule has 0 spiro atoms. The molecule has 1 aromatic rings. The Kier molecular flexibility index (Phi) is 5.26. The molecule has 0 radical (unpaired) electrons. The third-order valence-corrected chi connectivity index (χ3v) is 4.40. The van der Waals surface area contributed by atoms with E-state index in [1.165, 1.54) is 32.1 Å². The summed E-state index contributed by atoms with van der Waals surface area (Å²) in [5.74, 6) is 1.71. The van der Waals surface area contributed by atoms with Crippen molar-refractivity contribution in [2.45, 2.75) is 64.5 Å². The summed E-state index contributed by atoms with van der Waals surface area (Å²) in [6.45, 7) is 4.40. The second-order valence-electron chi connectivity index (χ2n) is 5.66. The van der Waals surface area contributed by atoms with Gasteiger partial charge in [-0.1, -0.05) is 38.5 Å². The topological polar surface area (TPSA) is 35.2 Å². The maximum absolute atomic E-state index is 6.33. The second kappa shape index (κ2) is 6.95. The zero-order valence-electron chi connectivity index (χ0n) is 12.3. The van der Waals surface area contributed by atoms with Crippen LogP contribution < -0.4 is 10.5 Å². The van der Waals surface area contributed by atoms with Crippen molar-refractivity contribution >= 4 is 0 Å². The molecule has 0 saturated heterocycles. The van der Waals surface area contributed by atoms with E-state index in [1.807, 2.05) is 6.07 Å². The van der Waals surface area contributed by atoms with Crippen molar-refractivity contribution in [2.75, 3.05) is 0 Å². The number of ether oxygens (including phenoxy) is 1. The van der Waals surface area contributed by atoms with Crippen LogP contribution in [0.2, 0.25) is 0 Å². The molecule has 2 nitrogen and oxygen atoms in total. The highest BCUT2D eigenvalue weighted by atomic mass is 16.5. The zero-order chi connectivity index (χ0) is 13.7. The first-order valence-corrected chi connectivity index (χ1v) is 7.77. The SMILES string of the molecule is CCC(N)c1ccccc1OC1CCCCC1CC. The molecule has 0 amide bonds. The molecule has 3 unspecified atom stereocenters. The van der Waals surface area contributed by atoms with Gasteiger partial charge in [0, 0.05) is 11.6 Å². The number of para-hydroxylation sites is 1. The summed E-state index contributed by atoms with van der Waals surface area (Å²) in [5, 5.41) is 0. The van der Waals surface area contributed by atoms with Crippen LogP contribution in [0.5, 0.6) is 5.75 Å². The molecule has 1 aliphatic carbocycles. The molecule has 19 heavy (non-hydrogen) atoms. The summed E-state index contributed by atoms with van der Waals surface area (Å²) in [6.07, 6.45) is 7.69. The lowest BCUT2D eigenvalue weighted by Crippen LogP contribution is -2.30. The van der Waals surface area contributed by atoms with Crippen molar-refractivity contribution in [3.8, 4) is 5.75 Å². The summed E-state index contributed by atoms with van der Waals surface area (Å²) >= 11 is 0. The van der Waals surface area contributed by atoms with Gasteiger partial charge in [0.15, 0.2) is 0 Å². The molecule has 0 bridgehead atoms. The molecular formula is C17H27NO. The average Bonchev–Trinajstić information content (AvgIpc) is 2.47. The van der Waals surface area contributed by atoms with Gasteiger partial charge in [-0.2, -0.15) is 0 Å². The molecule has 0 heterocycles. The fourth-order valence-corrected chi connectivity index (χ4v) is 3.07. The van der Waals surface area contributed by atoms with Crippen molar-refractivity contribution < 1.29 is 4.74 Å². The van der Waals surface area contributed by atoms with E-state index in [0.717, 1.165) is 17.7 Å². The van der Waals surface area contributed by atoms with E-state index >= 15 is 0 Å². The first kappa shape index (κ1) is 14.4. The molecular weight excluding hydrogens is 234 g/mol. The number of nitrogens with two attached hydrogens (primary N) is 1. The minimum Gasteiger partial charge on any atom is -0.490 e. The van der Waals surface area contributed by atoms with E-state index in [9.17, 15) is 0 Å². The molecule has 1 aromatic carbocycles. The largest absolute Gasteiger partial charge is 0.490 e. The molecule has 106 valence electrons. The van der Waals surface area contributed by atoms with Gasteiger partial charge >= 0.3 is 0 Å². The van der Waals surface area contributed by atoms with Crippen LogP contribution in [0.15, 0.2) is 24.3 Å². The Balaban J connectivity index is 2.13. The van der Waals surface area contributed by atoms with Crippen LogP contribution >= 0.6 is 0 Å². The normalized spacial score (nSPS) is 25.0. The highest BCUT2D eigenvalue weighted by molar-refractivity contribution is 5.36. The molecule has 1 saturated carbocycles. The highest BCUT2D eigenvalue weighted by Crippen LogP contribution is 2.33. The van der Waals surface area contributed by atoms with E-state index in [0.29, 0.717) is 12.0 Å². The van der Waals surface area contributed by atoms with Crippen LogP contribution in [0.3, 0.4) is 0 Å². The Hall–Kier alpha value is -1.02. The van der Waals surface area contributed by atoms with E-state index < -0.39 is 0 Å². The van der Waals surface area contributed by atoms with Crippen molar-refractivity contribution in [3.05, 3.63) is 29.8 Å². The average molecular weight is 261 g/mol.